The van der Waals surface area contributed by atoms with E-state index in [0.717, 1.165) is 6.26 Å². The molecule has 0 radical (unpaired) electrons. The summed E-state index contributed by atoms with van der Waals surface area (Å²) in [4.78, 5) is 25.1. The lowest BCUT2D eigenvalue weighted by Gasteiger charge is -2.32. The lowest BCUT2D eigenvalue weighted by Crippen LogP contribution is -2.45. The fraction of sp³-hybridized carbons (Fsp3) is 0.846. The lowest BCUT2D eigenvalue weighted by atomic mass is 9.98. The fourth-order valence-electron chi connectivity index (χ4n) is 2.36. The minimum Gasteiger partial charge on any atom is -0.466 e. The summed E-state index contributed by atoms with van der Waals surface area (Å²) in [7, 11) is -1.64. The van der Waals surface area contributed by atoms with Crippen molar-refractivity contribution in [2.45, 2.75) is 26.2 Å². The molecule has 0 aliphatic carbocycles. The van der Waals surface area contributed by atoms with Crippen LogP contribution in [0.25, 0.3) is 0 Å². The Morgan fingerprint density at radius 3 is 2.62 bits per heavy atom. The third kappa shape index (κ3) is 5.62. The van der Waals surface area contributed by atoms with Gasteiger partial charge in [-0.1, -0.05) is 0 Å². The Balaban J connectivity index is 2.52. The van der Waals surface area contributed by atoms with Crippen molar-refractivity contribution in [3.8, 4) is 0 Å². The summed E-state index contributed by atoms with van der Waals surface area (Å²) in [5, 5.41) is 0. The predicted molar refractivity (Wildman–Crippen MR) is 78.0 cm³/mol. The van der Waals surface area contributed by atoms with Crippen LogP contribution in [0.4, 0.5) is 0 Å². The van der Waals surface area contributed by atoms with E-state index in [9.17, 15) is 18.0 Å². The van der Waals surface area contributed by atoms with E-state index in [2.05, 4.69) is 0 Å². The number of esters is 1. The van der Waals surface area contributed by atoms with Crippen LogP contribution in [0, 0.1) is 5.92 Å². The van der Waals surface area contributed by atoms with E-state index in [1.165, 1.54) is 9.21 Å². The minimum atomic E-state index is -3.26. The summed E-state index contributed by atoms with van der Waals surface area (Å²) in [6, 6.07) is 0. The number of piperidine rings is 1. The third-order valence-corrected chi connectivity index (χ3v) is 4.80. The summed E-state index contributed by atoms with van der Waals surface area (Å²) in [6.45, 7) is 3.03. The number of nitrogens with zero attached hydrogens (tertiary/aromatic N) is 2. The fourth-order valence-corrected chi connectivity index (χ4v) is 3.27. The van der Waals surface area contributed by atoms with Gasteiger partial charge in [-0.05, 0) is 19.8 Å². The smallest absolute Gasteiger partial charge is 0.307 e. The lowest BCUT2D eigenvalue weighted by molar-refractivity contribution is -0.144. The van der Waals surface area contributed by atoms with E-state index in [1.807, 2.05) is 0 Å². The molecular formula is C13H24N2O5S. The van der Waals surface area contributed by atoms with Gasteiger partial charge in [-0.3, -0.25) is 9.59 Å². The van der Waals surface area contributed by atoms with Crippen LogP contribution in [-0.2, 0) is 24.3 Å². The van der Waals surface area contributed by atoms with Gasteiger partial charge in [0.05, 0.1) is 25.2 Å². The topological polar surface area (TPSA) is 84.0 Å². The van der Waals surface area contributed by atoms with Crippen molar-refractivity contribution in [3.63, 3.8) is 0 Å². The van der Waals surface area contributed by atoms with Crippen LogP contribution >= 0.6 is 0 Å². The van der Waals surface area contributed by atoms with Gasteiger partial charge in [0.25, 0.3) is 0 Å². The molecule has 0 bridgehead atoms. The van der Waals surface area contributed by atoms with Crippen LogP contribution < -0.4 is 0 Å². The second-order valence-corrected chi connectivity index (χ2v) is 7.26. The molecule has 1 unspecified atom stereocenters. The molecule has 0 N–H and O–H groups in total. The molecule has 1 atom stereocenters. The average molecular weight is 320 g/mol. The Bertz CT molecular complexity index is 477. The average Bonchev–Trinajstić information content (AvgIpc) is 2.43. The van der Waals surface area contributed by atoms with Gasteiger partial charge in [0.1, 0.15) is 0 Å². The number of sulfonamides is 1. The molecule has 7 nitrogen and oxygen atoms in total. The largest absolute Gasteiger partial charge is 0.466 e. The Hall–Kier alpha value is -1.15. The van der Waals surface area contributed by atoms with E-state index < -0.39 is 10.0 Å². The third-order valence-electron chi connectivity index (χ3n) is 3.54. The van der Waals surface area contributed by atoms with Crippen molar-refractivity contribution in [1.29, 1.82) is 0 Å². The number of carbonyl (C=O) groups excluding carboxylic acids is 2. The van der Waals surface area contributed by atoms with E-state index in [0.29, 0.717) is 26.0 Å². The standard InChI is InChI=1S/C13H24N2O5S/c1-4-20-12(16)7-9-14(2)13(17)11-6-5-8-15(10-11)21(3,18)19/h11H,4-10H2,1-3H3. The van der Waals surface area contributed by atoms with Gasteiger partial charge in [-0.25, -0.2) is 12.7 Å². The first kappa shape index (κ1) is 17.9. The van der Waals surface area contributed by atoms with Gasteiger partial charge in [-0.15, -0.1) is 0 Å². The van der Waals surface area contributed by atoms with Crippen molar-refractivity contribution in [2.75, 3.05) is 39.5 Å². The molecule has 0 aromatic rings. The Labute approximate surface area is 126 Å². The zero-order chi connectivity index (χ0) is 16.0. The second kappa shape index (κ2) is 7.74. The molecule has 8 heteroatoms. The van der Waals surface area contributed by atoms with Crippen molar-refractivity contribution < 1.29 is 22.7 Å². The summed E-state index contributed by atoms with van der Waals surface area (Å²) >= 11 is 0. The minimum absolute atomic E-state index is 0.118. The highest BCUT2D eigenvalue weighted by Crippen LogP contribution is 2.20. The van der Waals surface area contributed by atoms with Crippen LogP contribution in [0.5, 0.6) is 0 Å². The molecule has 0 saturated carbocycles. The Kier molecular flexibility index (Phi) is 6.60. The van der Waals surface area contributed by atoms with Crippen molar-refractivity contribution in [1.82, 2.24) is 9.21 Å². The molecule has 1 saturated heterocycles. The quantitative estimate of drug-likeness (QED) is 0.647. The molecule has 0 aromatic heterocycles. The molecule has 1 aliphatic rings. The molecule has 122 valence electrons. The Morgan fingerprint density at radius 2 is 2.05 bits per heavy atom. The number of carbonyl (C=O) groups is 2. The summed E-state index contributed by atoms with van der Waals surface area (Å²) in [6.07, 6.45) is 2.66. The highest BCUT2D eigenvalue weighted by Gasteiger charge is 2.31. The molecular weight excluding hydrogens is 296 g/mol. The van der Waals surface area contributed by atoms with Crippen molar-refractivity contribution >= 4 is 21.9 Å². The molecule has 1 rings (SSSR count). The highest BCUT2D eigenvalue weighted by molar-refractivity contribution is 7.88. The number of hydrogen-bond donors (Lipinski definition) is 0. The zero-order valence-electron chi connectivity index (χ0n) is 12.9. The summed E-state index contributed by atoms with van der Waals surface area (Å²) in [5.74, 6) is -0.785. The molecule has 1 heterocycles. The summed E-state index contributed by atoms with van der Waals surface area (Å²) < 4.78 is 29.3. The van der Waals surface area contributed by atoms with Gasteiger partial charge in [-0.2, -0.15) is 0 Å². The molecule has 0 aromatic carbocycles. The number of rotatable bonds is 6. The maximum absolute atomic E-state index is 12.3. The van der Waals surface area contributed by atoms with E-state index in [4.69, 9.17) is 4.74 Å². The van der Waals surface area contributed by atoms with Crippen LogP contribution in [0.3, 0.4) is 0 Å². The van der Waals surface area contributed by atoms with Crippen molar-refractivity contribution in [2.24, 2.45) is 5.92 Å². The van der Waals surface area contributed by atoms with Crippen LogP contribution in [0.2, 0.25) is 0 Å². The van der Waals surface area contributed by atoms with E-state index >= 15 is 0 Å². The van der Waals surface area contributed by atoms with E-state index in [-0.39, 0.29) is 37.3 Å². The van der Waals surface area contributed by atoms with Crippen LogP contribution in [0.1, 0.15) is 26.2 Å². The van der Waals surface area contributed by atoms with Gasteiger partial charge in [0, 0.05) is 26.7 Å². The highest BCUT2D eigenvalue weighted by atomic mass is 32.2. The first-order chi connectivity index (χ1) is 9.75. The molecule has 21 heavy (non-hydrogen) atoms. The summed E-state index contributed by atoms with van der Waals surface area (Å²) in [5.41, 5.74) is 0. The van der Waals surface area contributed by atoms with Crippen LogP contribution in [0.15, 0.2) is 0 Å². The predicted octanol–water partition coefficient (Wildman–Crippen LogP) is 0.0696. The number of hydrogen-bond acceptors (Lipinski definition) is 5. The molecule has 1 fully saturated rings. The SMILES string of the molecule is CCOC(=O)CCN(C)C(=O)C1CCCN(S(C)(=O)=O)C1. The maximum Gasteiger partial charge on any atom is 0.307 e. The number of ether oxygens (including phenoxy) is 1. The molecule has 0 spiro atoms. The normalized spacial score (nSPS) is 20.0. The van der Waals surface area contributed by atoms with Crippen molar-refractivity contribution in [3.05, 3.63) is 0 Å². The van der Waals surface area contributed by atoms with E-state index in [1.54, 1.807) is 14.0 Å². The second-order valence-electron chi connectivity index (χ2n) is 5.27. The van der Waals surface area contributed by atoms with Gasteiger partial charge >= 0.3 is 5.97 Å². The maximum atomic E-state index is 12.3. The first-order valence-electron chi connectivity index (χ1n) is 7.11. The van der Waals surface area contributed by atoms with Crippen LogP contribution in [-0.4, -0.2) is 69.0 Å². The Morgan fingerprint density at radius 1 is 1.38 bits per heavy atom. The zero-order valence-corrected chi connectivity index (χ0v) is 13.7. The molecule has 1 aliphatic heterocycles. The monoisotopic (exact) mass is 320 g/mol. The molecule has 1 amide bonds. The first-order valence-corrected chi connectivity index (χ1v) is 8.96. The van der Waals surface area contributed by atoms with Gasteiger partial charge in [0.15, 0.2) is 0 Å². The van der Waals surface area contributed by atoms with Gasteiger partial charge in [0.2, 0.25) is 15.9 Å². The van der Waals surface area contributed by atoms with Gasteiger partial charge < -0.3 is 9.64 Å². The number of amides is 1.